The summed E-state index contributed by atoms with van der Waals surface area (Å²) in [4.78, 5) is 25.8. The second-order valence-electron chi connectivity index (χ2n) is 9.25. The lowest BCUT2D eigenvalue weighted by Crippen LogP contribution is -2.39. The lowest BCUT2D eigenvalue weighted by atomic mass is 9.99. The minimum Gasteiger partial charge on any atom is -0.493 e. The smallest absolute Gasteiger partial charge is 0.322 e. The van der Waals surface area contributed by atoms with E-state index in [0.717, 1.165) is 49.2 Å². The first-order valence-electron chi connectivity index (χ1n) is 13.3. The Hall–Kier alpha value is -4.19. The van der Waals surface area contributed by atoms with Gasteiger partial charge in [-0.3, -0.25) is 9.69 Å². The van der Waals surface area contributed by atoms with Crippen LogP contribution in [0.2, 0.25) is 0 Å². The number of aromatic nitrogens is 3. The van der Waals surface area contributed by atoms with Gasteiger partial charge < -0.3 is 30.0 Å². The molecule has 0 saturated carbocycles. The molecule has 214 valence electrons. The molecule has 1 aromatic heterocycles. The van der Waals surface area contributed by atoms with E-state index in [2.05, 4.69) is 30.5 Å². The van der Waals surface area contributed by atoms with Crippen LogP contribution in [0.1, 0.15) is 32.3 Å². The number of carbonyl (C=O) groups is 1. The summed E-state index contributed by atoms with van der Waals surface area (Å²) in [5.74, 6) is 0.573. The zero-order chi connectivity index (χ0) is 28.5. The number of hydrogen-bond acceptors (Lipinski definition) is 10. The number of ether oxygens (including phenoxy) is 3. The van der Waals surface area contributed by atoms with Crippen LogP contribution < -0.4 is 24.8 Å². The molecule has 4 rings (SSSR count). The fourth-order valence-electron chi connectivity index (χ4n) is 4.60. The number of likely N-dealkylation sites (tertiary alicyclic amines) is 1. The van der Waals surface area contributed by atoms with Gasteiger partial charge in [0.1, 0.15) is 23.9 Å². The summed E-state index contributed by atoms with van der Waals surface area (Å²) in [5, 5.41) is 14.9. The summed E-state index contributed by atoms with van der Waals surface area (Å²) in [6, 6.07) is 10.7. The molecular weight excluding hydrogens is 519 g/mol. The number of nitrogens with one attached hydrogen (secondary N) is 2. The number of aliphatic carboxylic acids is 1. The topological polar surface area (TPSA) is 131 Å². The van der Waals surface area contributed by atoms with E-state index >= 15 is 0 Å². The van der Waals surface area contributed by atoms with Gasteiger partial charge in [0.25, 0.3) is 0 Å². The normalized spacial score (nSPS) is 14.0. The van der Waals surface area contributed by atoms with Crippen LogP contribution in [0.4, 0.5) is 16.3 Å². The Morgan fingerprint density at radius 2 is 1.65 bits per heavy atom. The van der Waals surface area contributed by atoms with Gasteiger partial charge in [-0.15, -0.1) is 0 Å². The van der Waals surface area contributed by atoms with Crippen LogP contribution in [0, 0.1) is 5.82 Å². The van der Waals surface area contributed by atoms with E-state index < -0.39 is 5.97 Å². The number of piperidine rings is 1. The van der Waals surface area contributed by atoms with Gasteiger partial charge in [0.2, 0.25) is 11.9 Å². The summed E-state index contributed by atoms with van der Waals surface area (Å²) >= 11 is 0. The molecule has 0 amide bonds. The van der Waals surface area contributed by atoms with E-state index in [-0.39, 0.29) is 30.4 Å². The largest absolute Gasteiger partial charge is 0.493 e. The van der Waals surface area contributed by atoms with Crippen LogP contribution >= 0.6 is 0 Å². The summed E-state index contributed by atoms with van der Waals surface area (Å²) in [5.41, 5.74) is 2.73. The second-order valence-corrected chi connectivity index (χ2v) is 9.25. The van der Waals surface area contributed by atoms with E-state index in [1.807, 2.05) is 26.0 Å². The third-order valence-electron chi connectivity index (χ3n) is 6.38. The maximum atomic E-state index is 13.6. The molecule has 0 atom stereocenters. The Morgan fingerprint density at radius 1 is 1.02 bits per heavy atom. The van der Waals surface area contributed by atoms with E-state index in [4.69, 9.17) is 19.3 Å². The minimum atomic E-state index is -1.02. The number of carboxylic acids is 1. The molecule has 11 nitrogen and oxygen atoms in total. The Bertz CT molecular complexity index is 1260. The zero-order valence-electron chi connectivity index (χ0n) is 22.9. The van der Waals surface area contributed by atoms with Crippen molar-refractivity contribution in [1.29, 1.82) is 0 Å². The van der Waals surface area contributed by atoms with Gasteiger partial charge in [0, 0.05) is 25.7 Å². The molecule has 0 aliphatic carbocycles. The van der Waals surface area contributed by atoms with Gasteiger partial charge in [-0.05, 0) is 62.1 Å². The highest BCUT2D eigenvalue weighted by atomic mass is 19.1. The Balaban J connectivity index is 1.43. The van der Waals surface area contributed by atoms with Gasteiger partial charge in [0.15, 0.2) is 0 Å². The third kappa shape index (κ3) is 7.69. The van der Waals surface area contributed by atoms with Crippen LogP contribution in [-0.4, -0.2) is 76.9 Å². The van der Waals surface area contributed by atoms with Gasteiger partial charge >= 0.3 is 12.0 Å². The molecule has 40 heavy (non-hydrogen) atoms. The van der Waals surface area contributed by atoms with Crippen molar-refractivity contribution >= 4 is 17.9 Å². The van der Waals surface area contributed by atoms with Crippen molar-refractivity contribution in [2.75, 3.05) is 50.6 Å². The fourth-order valence-corrected chi connectivity index (χ4v) is 4.60. The molecule has 3 aromatic rings. The molecule has 0 bridgehead atoms. The van der Waals surface area contributed by atoms with Crippen molar-refractivity contribution in [2.45, 2.75) is 39.3 Å². The Morgan fingerprint density at radius 3 is 2.23 bits per heavy atom. The monoisotopic (exact) mass is 554 g/mol. The lowest BCUT2D eigenvalue weighted by Gasteiger charge is -2.32. The number of benzene rings is 2. The molecule has 2 heterocycles. The third-order valence-corrected chi connectivity index (χ3v) is 6.38. The van der Waals surface area contributed by atoms with Crippen molar-refractivity contribution in [3.05, 3.63) is 47.8 Å². The SMILES string of the molecule is CCOc1cc(CN2CCC(Nc3nc(NCC(=O)O)nc(OC)n3)CC2)cc(OCC)c1-c1ccc(F)cc1. The molecule has 1 fully saturated rings. The van der Waals surface area contributed by atoms with E-state index in [9.17, 15) is 9.18 Å². The van der Waals surface area contributed by atoms with Crippen LogP contribution in [-0.2, 0) is 11.3 Å². The van der Waals surface area contributed by atoms with Crippen molar-refractivity contribution in [3.8, 4) is 28.6 Å². The van der Waals surface area contributed by atoms with Crippen molar-refractivity contribution in [1.82, 2.24) is 19.9 Å². The van der Waals surface area contributed by atoms with Gasteiger partial charge in [0.05, 0.1) is 25.9 Å². The van der Waals surface area contributed by atoms with E-state index in [0.29, 0.717) is 30.7 Å². The number of methoxy groups -OCH3 is 1. The molecule has 2 aromatic carbocycles. The molecule has 0 unspecified atom stereocenters. The molecule has 1 saturated heterocycles. The summed E-state index contributed by atoms with van der Waals surface area (Å²) in [7, 11) is 1.44. The highest BCUT2D eigenvalue weighted by Crippen LogP contribution is 2.40. The van der Waals surface area contributed by atoms with Crippen molar-refractivity contribution in [2.24, 2.45) is 0 Å². The maximum absolute atomic E-state index is 13.6. The average Bonchev–Trinajstić information content (AvgIpc) is 2.94. The van der Waals surface area contributed by atoms with E-state index in [1.54, 1.807) is 12.1 Å². The first-order valence-corrected chi connectivity index (χ1v) is 13.3. The lowest BCUT2D eigenvalue weighted by molar-refractivity contribution is -0.134. The molecule has 0 radical (unpaired) electrons. The Kier molecular flexibility index (Phi) is 9.90. The molecule has 0 spiro atoms. The molecule has 12 heteroatoms. The average molecular weight is 555 g/mol. The minimum absolute atomic E-state index is 0.0992. The van der Waals surface area contributed by atoms with Crippen molar-refractivity contribution in [3.63, 3.8) is 0 Å². The van der Waals surface area contributed by atoms with Crippen LogP contribution in [0.5, 0.6) is 17.5 Å². The number of anilines is 2. The first kappa shape index (κ1) is 28.8. The quantitative estimate of drug-likeness (QED) is 0.283. The van der Waals surface area contributed by atoms with E-state index in [1.165, 1.54) is 19.2 Å². The van der Waals surface area contributed by atoms with Gasteiger partial charge in [-0.1, -0.05) is 12.1 Å². The van der Waals surface area contributed by atoms with Gasteiger partial charge in [-0.2, -0.15) is 15.0 Å². The Labute approximate surface area is 232 Å². The molecule has 1 aliphatic rings. The summed E-state index contributed by atoms with van der Waals surface area (Å²) in [6.45, 7) is 6.96. The predicted octanol–water partition coefficient (Wildman–Crippen LogP) is 4.06. The summed E-state index contributed by atoms with van der Waals surface area (Å²) < 4.78 is 30.7. The number of hydrogen-bond donors (Lipinski definition) is 3. The standard InChI is InChI=1S/C28H35FN6O5/c1-4-39-22-14-18(15-23(40-5-2)25(22)19-6-8-20(29)9-7-19)17-35-12-10-21(11-13-35)31-27-32-26(30-16-24(36)37)33-28(34-27)38-3/h6-9,14-15,21H,4-5,10-13,16-17H2,1-3H3,(H,36,37)(H2,30,31,32,33,34). The molecular formula is C28H35FN6O5. The number of halogens is 1. The second kappa shape index (κ2) is 13.7. The highest BCUT2D eigenvalue weighted by molar-refractivity contribution is 5.77. The maximum Gasteiger partial charge on any atom is 0.322 e. The predicted molar refractivity (Wildman–Crippen MR) is 149 cm³/mol. The summed E-state index contributed by atoms with van der Waals surface area (Å²) in [6.07, 6.45) is 1.71. The highest BCUT2D eigenvalue weighted by Gasteiger charge is 2.22. The number of nitrogens with zero attached hydrogens (tertiary/aromatic N) is 4. The number of carboxylic acid groups (broad SMARTS) is 1. The van der Waals surface area contributed by atoms with Crippen LogP contribution in [0.3, 0.4) is 0 Å². The van der Waals surface area contributed by atoms with Crippen LogP contribution in [0.15, 0.2) is 36.4 Å². The first-order chi connectivity index (χ1) is 19.4. The molecule has 3 N–H and O–H groups in total. The molecule has 1 aliphatic heterocycles. The fraction of sp³-hybridized carbons (Fsp3) is 0.429. The number of rotatable bonds is 13. The van der Waals surface area contributed by atoms with Crippen LogP contribution in [0.25, 0.3) is 11.1 Å². The van der Waals surface area contributed by atoms with Gasteiger partial charge in [-0.25, -0.2) is 4.39 Å². The van der Waals surface area contributed by atoms with Crippen molar-refractivity contribution < 1.29 is 28.5 Å². The zero-order valence-corrected chi connectivity index (χ0v) is 22.9.